The first-order valence-electron chi connectivity index (χ1n) is 10.3. The smallest absolute Gasteiger partial charge is 0.321 e. The van der Waals surface area contributed by atoms with Gasteiger partial charge in [-0.3, -0.25) is 5.32 Å². The number of rotatable bonds is 5. The van der Waals surface area contributed by atoms with Crippen LogP contribution < -0.4 is 15.5 Å². The van der Waals surface area contributed by atoms with E-state index in [0.29, 0.717) is 23.2 Å². The van der Waals surface area contributed by atoms with Crippen LogP contribution in [-0.4, -0.2) is 51.5 Å². The van der Waals surface area contributed by atoms with E-state index in [-0.39, 0.29) is 31.3 Å². The van der Waals surface area contributed by atoms with Crippen LogP contribution >= 0.6 is 11.3 Å². The maximum Gasteiger partial charge on any atom is 0.321 e. The van der Waals surface area contributed by atoms with Crippen molar-refractivity contribution >= 4 is 39.6 Å². The van der Waals surface area contributed by atoms with Gasteiger partial charge in [0, 0.05) is 12.5 Å². The van der Waals surface area contributed by atoms with Gasteiger partial charge >= 0.3 is 6.03 Å². The van der Waals surface area contributed by atoms with Crippen molar-refractivity contribution in [1.29, 1.82) is 0 Å². The summed E-state index contributed by atoms with van der Waals surface area (Å²) in [5.41, 5.74) is 4.63. The zero-order chi connectivity index (χ0) is 22.3. The summed E-state index contributed by atoms with van der Waals surface area (Å²) in [4.78, 5) is 24.2. The van der Waals surface area contributed by atoms with Gasteiger partial charge in [0.1, 0.15) is 5.52 Å². The molecule has 0 saturated carbocycles. The molecule has 2 aromatic heterocycles. The summed E-state index contributed by atoms with van der Waals surface area (Å²) in [5.74, 6) is 0. The van der Waals surface area contributed by atoms with Crippen molar-refractivity contribution in [2.75, 3.05) is 23.4 Å². The van der Waals surface area contributed by atoms with Gasteiger partial charge in [-0.1, -0.05) is 11.3 Å². The summed E-state index contributed by atoms with van der Waals surface area (Å²) in [7, 11) is 0. The van der Waals surface area contributed by atoms with Crippen molar-refractivity contribution < 1.29 is 19.4 Å². The van der Waals surface area contributed by atoms with Crippen molar-refractivity contribution in [2.45, 2.75) is 52.2 Å². The molecule has 3 heterocycles. The second-order valence-corrected chi connectivity index (χ2v) is 9.10. The lowest BCUT2D eigenvalue weighted by Gasteiger charge is -2.37. The van der Waals surface area contributed by atoms with Crippen LogP contribution in [0.3, 0.4) is 0 Å². The molecule has 31 heavy (non-hydrogen) atoms. The van der Waals surface area contributed by atoms with Crippen LogP contribution in [0, 0.1) is 13.8 Å². The number of oxazole rings is 1. The number of carbonyl (C=O) groups excluding carboxylic acids is 1. The molecule has 3 aromatic rings. The minimum absolute atomic E-state index is 0.00177. The van der Waals surface area contributed by atoms with E-state index in [0.717, 1.165) is 27.2 Å². The molecule has 10 heteroatoms. The lowest BCUT2D eigenvalue weighted by molar-refractivity contribution is 0.229. The second-order valence-electron chi connectivity index (χ2n) is 8.07. The fraction of sp³-hybridized carbons (Fsp3) is 0.476. The first kappa shape index (κ1) is 21.5. The number of aliphatic hydroxyl groups is 2. The highest BCUT2D eigenvalue weighted by molar-refractivity contribution is 7.16. The monoisotopic (exact) mass is 445 g/mol. The third kappa shape index (κ3) is 4.10. The van der Waals surface area contributed by atoms with Gasteiger partial charge in [0.05, 0.1) is 35.9 Å². The SMILES string of the molecule is Cc1cc2nc(N3[C@H](C)Cc4nc(NC(=O)N[C@H](C)CO)sc4[C@@H]3CO)oc2cc1C. The molecule has 0 unspecified atom stereocenters. The quantitative estimate of drug-likeness (QED) is 0.476. The van der Waals surface area contributed by atoms with Crippen LogP contribution in [0.5, 0.6) is 0 Å². The standard InChI is InChI=1S/C21H27N5O4S/c1-10-5-14-17(6-11(10)2)30-21(24-14)26-13(4)7-15-18(16(26)9-28)31-20(23-15)25-19(29)22-12(3)8-27/h5-6,12-13,16,27-28H,7-9H2,1-4H3,(H2,22,23,25,29)/t12-,13-,16+/m1/s1. The number of urea groups is 1. The van der Waals surface area contributed by atoms with Gasteiger partial charge in [-0.2, -0.15) is 4.98 Å². The minimum Gasteiger partial charge on any atom is -0.423 e. The topological polar surface area (TPSA) is 124 Å². The Bertz CT molecular complexity index is 1070. The fourth-order valence-electron chi connectivity index (χ4n) is 3.81. The van der Waals surface area contributed by atoms with Gasteiger partial charge in [-0.05, 0) is 51.0 Å². The van der Waals surface area contributed by atoms with E-state index in [1.54, 1.807) is 6.92 Å². The number of fused-ring (bicyclic) bond motifs is 2. The van der Waals surface area contributed by atoms with E-state index in [1.807, 2.05) is 37.8 Å². The van der Waals surface area contributed by atoms with E-state index in [1.165, 1.54) is 11.3 Å². The molecule has 0 fully saturated rings. The summed E-state index contributed by atoms with van der Waals surface area (Å²) in [6.07, 6.45) is 0.634. The van der Waals surface area contributed by atoms with Gasteiger partial charge in [0.25, 0.3) is 6.01 Å². The summed E-state index contributed by atoms with van der Waals surface area (Å²) < 4.78 is 6.07. The number of anilines is 2. The highest BCUT2D eigenvalue weighted by atomic mass is 32.1. The lowest BCUT2D eigenvalue weighted by Crippen LogP contribution is -2.43. The van der Waals surface area contributed by atoms with Crippen molar-refractivity contribution in [3.8, 4) is 0 Å². The van der Waals surface area contributed by atoms with Crippen LogP contribution in [-0.2, 0) is 6.42 Å². The molecule has 9 nitrogen and oxygen atoms in total. The van der Waals surface area contributed by atoms with E-state index in [4.69, 9.17) is 9.52 Å². The van der Waals surface area contributed by atoms with E-state index in [9.17, 15) is 9.90 Å². The van der Waals surface area contributed by atoms with Crippen molar-refractivity contribution in [3.05, 3.63) is 33.8 Å². The number of hydrogen-bond acceptors (Lipinski definition) is 8. The van der Waals surface area contributed by atoms with Crippen LogP contribution in [0.4, 0.5) is 15.9 Å². The number of benzene rings is 1. The number of carbonyl (C=O) groups is 1. The van der Waals surface area contributed by atoms with Crippen molar-refractivity contribution in [1.82, 2.24) is 15.3 Å². The third-order valence-electron chi connectivity index (χ3n) is 5.59. The minimum atomic E-state index is -0.428. The average molecular weight is 446 g/mol. The van der Waals surface area contributed by atoms with Gasteiger partial charge in [0.2, 0.25) is 0 Å². The number of thiazole rings is 1. The Labute approximate surface area is 184 Å². The molecule has 0 aliphatic carbocycles. The van der Waals surface area contributed by atoms with Gasteiger partial charge in [-0.25, -0.2) is 9.78 Å². The Kier molecular flexibility index (Phi) is 5.87. The Balaban J connectivity index is 1.63. The largest absolute Gasteiger partial charge is 0.423 e. The Morgan fingerprint density at radius 3 is 2.77 bits per heavy atom. The molecular formula is C21H27N5O4S. The molecule has 4 N–H and O–H groups in total. The molecule has 166 valence electrons. The van der Waals surface area contributed by atoms with Crippen molar-refractivity contribution in [3.63, 3.8) is 0 Å². The number of aliphatic hydroxyl groups excluding tert-OH is 2. The summed E-state index contributed by atoms with van der Waals surface area (Å²) >= 11 is 1.33. The molecule has 1 aliphatic rings. The lowest BCUT2D eigenvalue weighted by atomic mass is 10.00. The predicted molar refractivity (Wildman–Crippen MR) is 120 cm³/mol. The summed E-state index contributed by atoms with van der Waals surface area (Å²) in [6.45, 7) is 7.54. The van der Waals surface area contributed by atoms with Crippen LogP contribution in [0.2, 0.25) is 0 Å². The molecule has 0 saturated heterocycles. The predicted octanol–water partition coefficient (Wildman–Crippen LogP) is 2.89. The summed E-state index contributed by atoms with van der Waals surface area (Å²) in [5, 5.41) is 25.1. The number of aryl methyl sites for hydroxylation is 2. The van der Waals surface area contributed by atoms with Crippen LogP contribution in [0.25, 0.3) is 11.1 Å². The van der Waals surface area contributed by atoms with Gasteiger partial charge in [0.15, 0.2) is 10.7 Å². The van der Waals surface area contributed by atoms with E-state index < -0.39 is 6.03 Å². The molecule has 1 aromatic carbocycles. The van der Waals surface area contributed by atoms with E-state index in [2.05, 4.69) is 20.6 Å². The molecule has 4 rings (SSSR count). The third-order valence-corrected chi connectivity index (χ3v) is 6.70. The first-order chi connectivity index (χ1) is 14.8. The first-order valence-corrected chi connectivity index (χ1v) is 11.1. The maximum atomic E-state index is 12.1. The van der Waals surface area contributed by atoms with Gasteiger partial charge < -0.3 is 24.8 Å². The fourth-order valence-corrected chi connectivity index (χ4v) is 4.89. The van der Waals surface area contributed by atoms with Crippen LogP contribution in [0.1, 0.15) is 41.6 Å². The van der Waals surface area contributed by atoms with Gasteiger partial charge in [-0.15, -0.1) is 0 Å². The summed E-state index contributed by atoms with van der Waals surface area (Å²) in [6, 6.07) is 3.29. The highest BCUT2D eigenvalue weighted by Crippen LogP contribution is 2.41. The number of aromatic nitrogens is 2. The van der Waals surface area contributed by atoms with Crippen LogP contribution in [0.15, 0.2) is 16.5 Å². The second kappa shape index (κ2) is 8.45. The molecule has 1 aliphatic heterocycles. The number of nitrogens with zero attached hydrogens (tertiary/aromatic N) is 3. The maximum absolute atomic E-state index is 12.1. The zero-order valence-electron chi connectivity index (χ0n) is 18.0. The normalized spacial score (nSPS) is 19.4. The zero-order valence-corrected chi connectivity index (χ0v) is 18.8. The Hall–Kier alpha value is -2.69. The molecule has 3 atom stereocenters. The number of amides is 2. The Morgan fingerprint density at radius 1 is 1.32 bits per heavy atom. The Morgan fingerprint density at radius 2 is 2.06 bits per heavy atom. The average Bonchev–Trinajstić information content (AvgIpc) is 3.29. The number of nitrogens with one attached hydrogen (secondary N) is 2. The molecular weight excluding hydrogens is 418 g/mol. The molecule has 0 radical (unpaired) electrons. The molecule has 2 amide bonds. The number of hydrogen-bond donors (Lipinski definition) is 4. The molecule has 0 spiro atoms. The highest BCUT2D eigenvalue weighted by Gasteiger charge is 2.37. The molecule has 0 bridgehead atoms. The van der Waals surface area contributed by atoms with Crippen molar-refractivity contribution in [2.24, 2.45) is 0 Å². The van der Waals surface area contributed by atoms with E-state index >= 15 is 0 Å².